The van der Waals surface area contributed by atoms with Crippen LogP contribution in [0.4, 0.5) is 0 Å². The number of hydrogen-bond donors (Lipinski definition) is 0. The van der Waals surface area contributed by atoms with Gasteiger partial charge in [-0.15, -0.1) is 0 Å². The molecule has 0 N–H and O–H groups in total. The molecule has 2 aromatic heterocycles. The molecule has 0 radical (unpaired) electrons. The lowest BCUT2D eigenvalue weighted by molar-refractivity contribution is 0.638. The van der Waals surface area contributed by atoms with Crippen molar-refractivity contribution in [3.63, 3.8) is 0 Å². The normalized spacial score (nSPS) is 18.1. The third-order valence-corrected chi connectivity index (χ3v) is 8.92. The molecular formula is C38H25NO. The molecular weight excluding hydrogens is 486 g/mol. The number of rotatable bonds is 0. The van der Waals surface area contributed by atoms with E-state index in [0.717, 1.165) is 38.8 Å². The molecule has 2 unspecified atom stereocenters. The molecule has 0 saturated heterocycles. The van der Waals surface area contributed by atoms with Gasteiger partial charge in [0.25, 0.3) is 0 Å². The number of pyridine rings is 1. The Morgan fingerprint density at radius 2 is 1.43 bits per heavy atom. The van der Waals surface area contributed by atoms with Crippen LogP contribution in [-0.2, 0) is 0 Å². The minimum absolute atomic E-state index is 0.208. The van der Waals surface area contributed by atoms with Crippen molar-refractivity contribution in [3.8, 4) is 33.5 Å². The molecule has 3 heterocycles. The highest BCUT2D eigenvalue weighted by atomic mass is 16.3. The van der Waals surface area contributed by atoms with Crippen molar-refractivity contribution in [2.24, 2.45) is 5.92 Å². The summed E-state index contributed by atoms with van der Waals surface area (Å²) in [6, 6.07) is 30.9. The second kappa shape index (κ2) is 8.03. The molecule has 0 spiro atoms. The lowest BCUT2D eigenvalue weighted by Crippen LogP contribution is -2.15. The largest absolute Gasteiger partial charge is 0.455 e. The van der Waals surface area contributed by atoms with Gasteiger partial charge in [0.15, 0.2) is 0 Å². The van der Waals surface area contributed by atoms with Crippen LogP contribution in [0.1, 0.15) is 28.2 Å². The van der Waals surface area contributed by atoms with Crippen LogP contribution in [0.2, 0.25) is 0 Å². The van der Waals surface area contributed by atoms with E-state index < -0.39 is 0 Å². The maximum atomic E-state index is 6.88. The first-order valence-electron chi connectivity index (χ1n) is 14.0. The van der Waals surface area contributed by atoms with Crippen LogP contribution in [0.15, 0.2) is 120 Å². The van der Waals surface area contributed by atoms with Crippen molar-refractivity contribution in [1.82, 2.24) is 4.98 Å². The average molecular weight is 512 g/mol. The first-order chi connectivity index (χ1) is 19.7. The van der Waals surface area contributed by atoms with Crippen LogP contribution in [0, 0.1) is 12.8 Å². The van der Waals surface area contributed by atoms with Crippen LogP contribution in [0.3, 0.4) is 0 Å². The van der Waals surface area contributed by atoms with E-state index in [-0.39, 0.29) is 5.92 Å². The molecule has 0 fully saturated rings. The topological polar surface area (TPSA) is 26.0 Å². The molecule has 188 valence electrons. The molecule has 0 saturated carbocycles. The summed E-state index contributed by atoms with van der Waals surface area (Å²) in [5.41, 5.74) is 14.8. The number of para-hydroxylation sites is 1. The molecule has 2 nitrogen and oxygen atoms in total. The van der Waals surface area contributed by atoms with E-state index in [1.165, 1.54) is 44.5 Å². The van der Waals surface area contributed by atoms with Crippen LogP contribution >= 0.6 is 0 Å². The zero-order valence-electron chi connectivity index (χ0n) is 22.1. The second-order valence-electron chi connectivity index (χ2n) is 11.2. The van der Waals surface area contributed by atoms with E-state index in [1.54, 1.807) is 0 Å². The number of benzene rings is 4. The molecule has 4 aromatic carbocycles. The number of furan rings is 1. The number of aryl methyl sites for hydroxylation is 1. The number of allylic oxidation sites excluding steroid dienone is 5. The Labute approximate surface area is 232 Å². The van der Waals surface area contributed by atoms with Gasteiger partial charge in [0.1, 0.15) is 11.2 Å². The Kier molecular flexibility index (Phi) is 4.40. The third-order valence-electron chi connectivity index (χ3n) is 8.92. The summed E-state index contributed by atoms with van der Waals surface area (Å²) in [7, 11) is 0. The standard InChI is InChI=1S/C38H25NO/c1-22-21-39-35-20-33(22)29-8-3-7-27(18-29)25-5-2-6-26(17-25)28-14-12-23-11-13-24-15-16-31-30-9-4-10-32(35)37(30)40-38(31)36(24)34(23)19-28/h2-21,23,34H,1H3. The summed E-state index contributed by atoms with van der Waals surface area (Å²) in [6.07, 6.45) is 13.7. The predicted molar refractivity (Wildman–Crippen MR) is 165 cm³/mol. The van der Waals surface area contributed by atoms with Crippen LogP contribution < -0.4 is 0 Å². The molecule has 3 aliphatic rings. The molecule has 2 atom stereocenters. The van der Waals surface area contributed by atoms with Gasteiger partial charge in [0, 0.05) is 39.9 Å². The van der Waals surface area contributed by atoms with Gasteiger partial charge in [-0.1, -0.05) is 85.0 Å². The number of aromatic nitrogens is 1. The van der Waals surface area contributed by atoms with Gasteiger partial charge in [0.2, 0.25) is 0 Å². The third kappa shape index (κ3) is 3.08. The predicted octanol–water partition coefficient (Wildman–Crippen LogP) is 9.98. The van der Waals surface area contributed by atoms with Gasteiger partial charge in [-0.3, -0.25) is 4.98 Å². The Bertz CT molecular complexity index is 2140. The molecule has 0 amide bonds. The van der Waals surface area contributed by atoms with E-state index in [1.807, 2.05) is 6.20 Å². The zero-order chi connectivity index (χ0) is 26.4. The first kappa shape index (κ1) is 21.9. The fourth-order valence-electron chi connectivity index (χ4n) is 6.88. The highest BCUT2D eigenvalue weighted by Gasteiger charge is 2.30. The van der Waals surface area contributed by atoms with Gasteiger partial charge >= 0.3 is 0 Å². The summed E-state index contributed by atoms with van der Waals surface area (Å²) in [5, 5.41) is 2.30. The highest BCUT2D eigenvalue weighted by molar-refractivity contribution is 6.11. The van der Waals surface area contributed by atoms with Crippen LogP contribution in [0.5, 0.6) is 0 Å². The lowest BCUT2D eigenvalue weighted by Gasteiger charge is -2.29. The average Bonchev–Trinajstić information content (AvgIpc) is 3.40. The summed E-state index contributed by atoms with van der Waals surface area (Å²) >= 11 is 0. The SMILES string of the molecule is Cc1cnc2cc1-c1cccc(c1)-c1cccc(c1)C1=CC3c4c(ccc5c4oc4c-2cccc45)C=CC3C=C1. The van der Waals surface area contributed by atoms with E-state index in [4.69, 9.17) is 9.40 Å². The second-order valence-corrected chi connectivity index (χ2v) is 11.2. The quantitative estimate of drug-likeness (QED) is 0.203. The summed E-state index contributed by atoms with van der Waals surface area (Å²) in [4.78, 5) is 4.90. The summed E-state index contributed by atoms with van der Waals surface area (Å²) < 4.78 is 6.88. The molecule has 2 heteroatoms. The number of hydrogen-bond acceptors (Lipinski definition) is 2. The minimum Gasteiger partial charge on any atom is -0.455 e. The van der Waals surface area contributed by atoms with Gasteiger partial charge in [-0.2, -0.15) is 0 Å². The van der Waals surface area contributed by atoms with Gasteiger partial charge < -0.3 is 4.42 Å². The monoisotopic (exact) mass is 511 g/mol. The number of nitrogens with zero attached hydrogens (tertiary/aromatic N) is 1. The Balaban J connectivity index is 1.42. The number of fused-ring (bicyclic) bond motifs is 11. The Morgan fingerprint density at radius 1 is 0.675 bits per heavy atom. The summed E-state index contributed by atoms with van der Waals surface area (Å²) in [5.74, 6) is 0.511. The van der Waals surface area contributed by atoms with Crippen molar-refractivity contribution >= 4 is 33.6 Å². The molecule has 10 bridgehead atoms. The van der Waals surface area contributed by atoms with Gasteiger partial charge in [-0.05, 0) is 81.8 Å². The van der Waals surface area contributed by atoms with Gasteiger partial charge in [-0.25, -0.2) is 0 Å². The molecule has 1 aliphatic heterocycles. The van der Waals surface area contributed by atoms with E-state index in [9.17, 15) is 0 Å². The summed E-state index contributed by atoms with van der Waals surface area (Å²) in [6.45, 7) is 2.14. The van der Waals surface area contributed by atoms with Gasteiger partial charge in [0.05, 0.1) is 5.69 Å². The fourth-order valence-corrected chi connectivity index (χ4v) is 6.88. The molecule has 9 rings (SSSR count). The Morgan fingerprint density at radius 3 is 2.33 bits per heavy atom. The van der Waals surface area contributed by atoms with E-state index in [2.05, 4.69) is 122 Å². The minimum atomic E-state index is 0.208. The molecule has 2 aliphatic carbocycles. The zero-order valence-corrected chi connectivity index (χ0v) is 22.1. The molecule has 40 heavy (non-hydrogen) atoms. The first-order valence-corrected chi connectivity index (χ1v) is 14.0. The van der Waals surface area contributed by atoms with Crippen LogP contribution in [0.25, 0.3) is 67.1 Å². The highest BCUT2D eigenvalue weighted by Crippen LogP contribution is 2.47. The maximum Gasteiger partial charge on any atom is 0.144 e. The van der Waals surface area contributed by atoms with Crippen molar-refractivity contribution in [2.45, 2.75) is 12.8 Å². The van der Waals surface area contributed by atoms with Crippen molar-refractivity contribution < 1.29 is 4.42 Å². The van der Waals surface area contributed by atoms with Crippen molar-refractivity contribution in [2.75, 3.05) is 0 Å². The maximum absolute atomic E-state index is 6.88. The van der Waals surface area contributed by atoms with Crippen LogP contribution in [-0.4, -0.2) is 4.98 Å². The van der Waals surface area contributed by atoms with Crippen molar-refractivity contribution in [1.29, 1.82) is 0 Å². The Hall–Kier alpha value is -4.95. The van der Waals surface area contributed by atoms with E-state index in [0.29, 0.717) is 5.92 Å². The lowest BCUT2D eigenvalue weighted by atomic mass is 9.74. The van der Waals surface area contributed by atoms with Crippen molar-refractivity contribution in [3.05, 3.63) is 138 Å². The smallest absolute Gasteiger partial charge is 0.144 e. The fraction of sp³-hybridized carbons (Fsp3) is 0.0789. The molecule has 6 aromatic rings. The van der Waals surface area contributed by atoms with E-state index >= 15 is 0 Å².